The number of nitrogens with one attached hydrogen (secondary N) is 1. The molecule has 152 valence electrons. The predicted molar refractivity (Wildman–Crippen MR) is 114 cm³/mol. The molecule has 0 atom stereocenters. The molecule has 0 bridgehead atoms. The Hall–Kier alpha value is -2.87. The lowest BCUT2D eigenvalue weighted by Gasteiger charge is -2.11. The Morgan fingerprint density at radius 1 is 1.10 bits per heavy atom. The van der Waals surface area contributed by atoms with Crippen molar-refractivity contribution in [3.8, 4) is 22.8 Å². The molecule has 3 aromatic rings. The van der Waals surface area contributed by atoms with Crippen LogP contribution in [-0.2, 0) is 4.79 Å². The molecule has 0 aliphatic carbocycles. The van der Waals surface area contributed by atoms with Crippen LogP contribution in [0.1, 0.15) is 26.2 Å². The molecule has 8 heteroatoms. The molecule has 0 spiro atoms. The zero-order valence-electron chi connectivity index (χ0n) is 16.7. The van der Waals surface area contributed by atoms with Gasteiger partial charge < -0.3 is 10.1 Å². The van der Waals surface area contributed by atoms with Gasteiger partial charge in [0.25, 0.3) is 0 Å². The number of ether oxygens (including phenoxy) is 1. The lowest BCUT2D eigenvalue weighted by molar-refractivity contribution is -0.118. The summed E-state index contributed by atoms with van der Waals surface area (Å²) in [6.45, 7) is 2.85. The van der Waals surface area contributed by atoms with Crippen molar-refractivity contribution in [2.45, 2.75) is 31.3 Å². The maximum atomic E-state index is 12.2. The monoisotopic (exact) mass is 411 g/mol. The predicted octanol–water partition coefficient (Wildman–Crippen LogP) is 3.74. The van der Waals surface area contributed by atoms with E-state index in [4.69, 9.17) is 4.74 Å². The van der Waals surface area contributed by atoms with Crippen LogP contribution in [0.4, 0.5) is 0 Å². The second kappa shape index (κ2) is 10.6. The Morgan fingerprint density at radius 3 is 2.55 bits per heavy atom. The van der Waals surface area contributed by atoms with Gasteiger partial charge in [0.05, 0.1) is 12.9 Å². The molecule has 1 N–H and O–H groups in total. The van der Waals surface area contributed by atoms with Crippen LogP contribution in [0.3, 0.4) is 0 Å². The fraction of sp³-hybridized carbons (Fsp3) is 0.333. The quantitative estimate of drug-likeness (QED) is 0.404. The van der Waals surface area contributed by atoms with E-state index in [0.29, 0.717) is 17.5 Å². The van der Waals surface area contributed by atoms with Crippen molar-refractivity contribution in [2.75, 3.05) is 19.4 Å². The van der Waals surface area contributed by atoms with E-state index < -0.39 is 0 Å². The first-order valence-electron chi connectivity index (χ1n) is 9.62. The molecule has 0 saturated heterocycles. The van der Waals surface area contributed by atoms with Crippen molar-refractivity contribution < 1.29 is 9.53 Å². The van der Waals surface area contributed by atoms with Crippen molar-refractivity contribution in [2.24, 2.45) is 0 Å². The van der Waals surface area contributed by atoms with Crippen LogP contribution in [0.25, 0.3) is 17.1 Å². The highest BCUT2D eigenvalue weighted by atomic mass is 32.2. The van der Waals surface area contributed by atoms with Gasteiger partial charge in [-0.15, -0.1) is 10.2 Å². The fourth-order valence-electron chi connectivity index (χ4n) is 2.80. The van der Waals surface area contributed by atoms with Crippen LogP contribution in [-0.4, -0.2) is 45.1 Å². The molecule has 0 unspecified atom stereocenters. The molecule has 0 fully saturated rings. The van der Waals surface area contributed by atoms with Gasteiger partial charge in [0.15, 0.2) is 11.0 Å². The number of unbranched alkanes of at least 4 members (excludes halogenated alkanes) is 2. The van der Waals surface area contributed by atoms with E-state index in [9.17, 15) is 4.79 Å². The van der Waals surface area contributed by atoms with Gasteiger partial charge in [-0.1, -0.05) is 31.5 Å². The topological polar surface area (TPSA) is 81.9 Å². The van der Waals surface area contributed by atoms with Crippen molar-refractivity contribution >= 4 is 17.7 Å². The lowest BCUT2D eigenvalue weighted by atomic mass is 10.2. The maximum absolute atomic E-state index is 12.2. The number of thioether (sulfide) groups is 1. The number of benzene rings is 1. The molecule has 7 nitrogen and oxygen atoms in total. The van der Waals surface area contributed by atoms with Gasteiger partial charge in [-0.25, -0.2) is 0 Å². The SMILES string of the molecule is CCCCCNC(=O)CSc1nnc(-c2ccncc2)n1-c1ccc(OC)cc1. The number of methoxy groups -OCH3 is 1. The Labute approximate surface area is 174 Å². The van der Waals surface area contributed by atoms with E-state index >= 15 is 0 Å². The minimum absolute atomic E-state index is 0.000782. The molecule has 0 aliphatic rings. The number of hydrogen-bond donors (Lipinski definition) is 1. The minimum Gasteiger partial charge on any atom is -0.497 e. The molecule has 0 radical (unpaired) electrons. The van der Waals surface area contributed by atoms with E-state index in [1.807, 2.05) is 41.0 Å². The second-order valence-electron chi connectivity index (χ2n) is 6.42. The second-order valence-corrected chi connectivity index (χ2v) is 7.36. The summed E-state index contributed by atoms with van der Waals surface area (Å²) < 4.78 is 7.21. The van der Waals surface area contributed by atoms with E-state index in [1.165, 1.54) is 11.8 Å². The van der Waals surface area contributed by atoms with Crippen LogP contribution in [0.15, 0.2) is 53.9 Å². The third kappa shape index (κ3) is 5.57. The molecule has 29 heavy (non-hydrogen) atoms. The summed E-state index contributed by atoms with van der Waals surface area (Å²) in [6.07, 6.45) is 6.70. The van der Waals surface area contributed by atoms with E-state index in [0.717, 1.165) is 36.3 Å². The Bertz CT molecular complexity index is 913. The number of aromatic nitrogens is 4. The van der Waals surface area contributed by atoms with Gasteiger partial charge in [-0.2, -0.15) is 0 Å². The maximum Gasteiger partial charge on any atom is 0.230 e. The van der Waals surface area contributed by atoms with Crippen LogP contribution < -0.4 is 10.1 Å². The number of pyridine rings is 1. The number of rotatable bonds is 10. The van der Waals surface area contributed by atoms with Gasteiger partial charge in [0.1, 0.15) is 5.75 Å². The standard InChI is InChI=1S/C21H25N5O2S/c1-3-4-5-12-23-19(27)15-29-21-25-24-20(16-10-13-22-14-11-16)26(21)17-6-8-18(28-2)9-7-17/h6-11,13-14H,3-5,12,15H2,1-2H3,(H,23,27). The van der Waals surface area contributed by atoms with E-state index in [-0.39, 0.29) is 11.7 Å². The largest absolute Gasteiger partial charge is 0.497 e. The van der Waals surface area contributed by atoms with Crippen molar-refractivity contribution in [3.05, 3.63) is 48.8 Å². The molecule has 1 aromatic carbocycles. The smallest absolute Gasteiger partial charge is 0.230 e. The molecule has 0 saturated carbocycles. The van der Waals surface area contributed by atoms with Gasteiger partial charge in [0.2, 0.25) is 5.91 Å². The van der Waals surface area contributed by atoms with Gasteiger partial charge in [-0.05, 0) is 42.8 Å². The third-order valence-electron chi connectivity index (χ3n) is 4.34. The summed E-state index contributed by atoms with van der Waals surface area (Å²) in [7, 11) is 1.64. The molecular formula is C21H25N5O2S. The van der Waals surface area contributed by atoms with Crippen molar-refractivity contribution in [1.29, 1.82) is 0 Å². The first-order valence-corrected chi connectivity index (χ1v) is 10.6. The van der Waals surface area contributed by atoms with E-state index in [1.54, 1.807) is 19.5 Å². The van der Waals surface area contributed by atoms with Crippen molar-refractivity contribution in [3.63, 3.8) is 0 Å². The molecule has 2 heterocycles. The number of amides is 1. The highest BCUT2D eigenvalue weighted by Gasteiger charge is 2.17. The van der Waals surface area contributed by atoms with Gasteiger partial charge in [-0.3, -0.25) is 14.3 Å². The number of hydrogen-bond acceptors (Lipinski definition) is 6. The molecule has 0 aliphatic heterocycles. The Morgan fingerprint density at radius 2 is 1.86 bits per heavy atom. The number of carbonyl (C=O) groups is 1. The summed E-state index contributed by atoms with van der Waals surface area (Å²) in [5.41, 5.74) is 1.80. The summed E-state index contributed by atoms with van der Waals surface area (Å²) in [5.74, 6) is 1.76. The van der Waals surface area contributed by atoms with Crippen molar-refractivity contribution in [1.82, 2.24) is 25.1 Å². The van der Waals surface area contributed by atoms with Gasteiger partial charge >= 0.3 is 0 Å². The lowest BCUT2D eigenvalue weighted by Crippen LogP contribution is -2.26. The molecule has 2 aromatic heterocycles. The number of carbonyl (C=O) groups excluding carboxylic acids is 1. The first-order chi connectivity index (χ1) is 14.2. The molecule has 1 amide bonds. The summed E-state index contributed by atoms with van der Waals surface area (Å²) in [6, 6.07) is 11.4. The zero-order chi connectivity index (χ0) is 20.5. The molecular weight excluding hydrogens is 386 g/mol. The number of nitrogens with zero attached hydrogens (tertiary/aromatic N) is 4. The Kier molecular flexibility index (Phi) is 7.63. The van der Waals surface area contributed by atoms with Crippen LogP contribution in [0, 0.1) is 0 Å². The first kappa shape index (κ1) is 20.9. The average Bonchev–Trinajstić information content (AvgIpc) is 3.20. The summed E-state index contributed by atoms with van der Waals surface area (Å²) >= 11 is 1.37. The Balaban J connectivity index is 1.81. The average molecular weight is 412 g/mol. The van der Waals surface area contributed by atoms with Crippen LogP contribution >= 0.6 is 11.8 Å². The fourth-order valence-corrected chi connectivity index (χ4v) is 3.58. The highest BCUT2D eigenvalue weighted by molar-refractivity contribution is 7.99. The van der Waals surface area contributed by atoms with Gasteiger partial charge in [0, 0.05) is 30.2 Å². The molecule has 3 rings (SSSR count). The van der Waals surface area contributed by atoms with Crippen LogP contribution in [0.5, 0.6) is 5.75 Å². The summed E-state index contributed by atoms with van der Waals surface area (Å²) in [5, 5.41) is 12.3. The normalized spacial score (nSPS) is 10.7. The zero-order valence-corrected chi connectivity index (χ0v) is 17.5. The highest BCUT2D eigenvalue weighted by Crippen LogP contribution is 2.28. The minimum atomic E-state index is 0.000782. The summed E-state index contributed by atoms with van der Waals surface area (Å²) in [4.78, 5) is 16.2. The third-order valence-corrected chi connectivity index (χ3v) is 5.27. The van der Waals surface area contributed by atoms with Crippen LogP contribution in [0.2, 0.25) is 0 Å². The van der Waals surface area contributed by atoms with E-state index in [2.05, 4.69) is 27.4 Å².